The zero-order chi connectivity index (χ0) is 14.0. The quantitative estimate of drug-likeness (QED) is 0.789. The summed E-state index contributed by atoms with van der Waals surface area (Å²) in [6.45, 7) is 6.05. The molecule has 100 valence electrons. The van der Waals surface area contributed by atoms with E-state index in [1.54, 1.807) is 18.7 Å². The molecule has 2 rings (SSSR count). The third-order valence-electron chi connectivity index (χ3n) is 3.07. The van der Waals surface area contributed by atoms with Crippen LogP contribution in [0.4, 0.5) is 0 Å². The van der Waals surface area contributed by atoms with Crippen LogP contribution in [0.15, 0.2) is 24.3 Å². The van der Waals surface area contributed by atoms with Crippen LogP contribution in [-0.4, -0.2) is 16.1 Å². The van der Waals surface area contributed by atoms with Gasteiger partial charge in [0.25, 0.3) is 0 Å². The zero-order valence-electron chi connectivity index (χ0n) is 11.7. The van der Waals surface area contributed by atoms with Crippen LogP contribution in [0, 0.1) is 6.92 Å². The molecule has 0 radical (unpaired) electrons. The Kier molecular flexibility index (Phi) is 3.69. The summed E-state index contributed by atoms with van der Waals surface area (Å²) in [4.78, 5) is 11.1. The van der Waals surface area contributed by atoms with E-state index in [1.807, 2.05) is 18.2 Å². The smallest absolute Gasteiger partial charge is 0.228 e. The van der Waals surface area contributed by atoms with Crippen molar-refractivity contribution < 1.29 is 9.53 Å². The summed E-state index contributed by atoms with van der Waals surface area (Å²) < 4.78 is 7.40. The number of rotatable bonds is 4. The van der Waals surface area contributed by atoms with Crippen LogP contribution in [-0.2, 0) is 7.05 Å². The van der Waals surface area contributed by atoms with Crippen molar-refractivity contribution in [1.82, 2.24) is 9.78 Å². The molecule has 0 aliphatic carbocycles. The first-order valence-electron chi connectivity index (χ1n) is 6.29. The van der Waals surface area contributed by atoms with Crippen LogP contribution >= 0.6 is 0 Å². The Morgan fingerprint density at radius 1 is 1.37 bits per heavy atom. The summed E-state index contributed by atoms with van der Waals surface area (Å²) in [6.07, 6.45) is 0.782. The van der Waals surface area contributed by atoms with Gasteiger partial charge in [-0.1, -0.05) is 26.0 Å². The molecule has 0 aliphatic heterocycles. The number of carbonyl (C=O) groups excluding carboxylic acids is 1. The first-order chi connectivity index (χ1) is 9.02. The predicted molar refractivity (Wildman–Crippen MR) is 73.9 cm³/mol. The molecule has 0 aliphatic rings. The molecule has 0 unspecified atom stereocenters. The average Bonchev–Trinajstić information content (AvgIpc) is 2.64. The third kappa shape index (κ3) is 2.67. The summed E-state index contributed by atoms with van der Waals surface area (Å²) in [5, 5.41) is 4.20. The van der Waals surface area contributed by atoms with E-state index >= 15 is 0 Å². The van der Waals surface area contributed by atoms with Crippen LogP contribution in [0.1, 0.15) is 41.4 Å². The van der Waals surface area contributed by atoms with Crippen molar-refractivity contribution in [1.29, 1.82) is 0 Å². The minimum absolute atomic E-state index is 0.433. The highest BCUT2D eigenvalue weighted by Crippen LogP contribution is 2.28. The lowest BCUT2D eigenvalue weighted by Gasteiger charge is -2.10. The van der Waals surface area contributed by atoms with Gasteiger partial charge in [-0.2, -0.15) is 5.10 Å². The SMILES string of the molecule is Cc1nn(C)c(Oc2cccc(C(C)C)c2)c1C=O. The second kappa shape index (κ2) is 5.26. The molecule has 0 amide bonds. The molecule has 0 saturated carbocycles. The molecule has 0 saturated heterocycles. The Hall–Kier alpha value is -2.10. The Balaban J connectivity index is 2.36. The lowest BCUT2D eigenvalue weighted by Crippen LogP contribution is -1.97. The summed E-state index contributed by atoms with van der Waals surface area (Å²) in [5.74, 6) is 1.63. The van der Waals surface area contributed by atoms with Gasteiger partial charge in [0.05, 0.1) is 11.3 Å². The lowest BCUT2D eigenvalue weighted by atomic mass is 10.0. The fraction of sp³-hybridized carbons (Fsp3) is 0.333. The lowest BCUT2D eigenvalue weighted by molar-refractivity contribution is 0.112. The predicted octanol–water partition coefficient (Wildman–Crippen LogP) is 3.46. The van der Waals surface area contributed by atoms with E-state index in [2.05, 4.69) is 25.0 Å². The first kappa shape index (κ1) is 13.3. The maximum absolute atomic E-state index is 11.1. The average molecular weight is 258 g/mol. The number of aryl methyl sites for hydroxylation is 2. The number of nitrogens with zero attached hydrogens (tertiary/aromatic N) is 2. The fourth-order valence-corrected chi connectivity index (χ4v) is 1.96. The van der Waals surface area contributed by atoms with Gasteiger partial charge in [0.2, 0.25) is 5.88 Å². The minimum atomic E-state index is 0.433. The number of hydrogen-bond donors (Lipinski definition) is 0. The highest BCUT2D eigenvalue weighted by molar-refractivity contribution is 5.80. The second-order valence-corrected chi connectivity index (χ2v) is 4.87. The Labute approximate surface area is 113 Å². The zero-order valence-corrected chi connectivity index (χ0v) is 11.7. The maximum Gasteiger partial charge on any atom is 0.228 e. The molecular weight excluding hydrogens is 240 g/mol. The molecule has 4 heteroatoms. The Morgan fingerprint density at radius 2 is 2.11 bits per heavy atom. The van der Waals surface area contributed by atoms with E-state index < -0.39 is 0 Å². The summed E-state index contributed by atoms with van der Waals surface area (Å²) in [6, 6.07) is 7.88. The van der Waals surface area contributed by atoms with Gasteiger partial charge >= 0.3 is 0 Å². The third-order valence-corrected chi connectivity index (χ3v) is 3.07. The van der Waals surface area contributed by atoms with Crippen molar-refractivity contribution in [2.75, 3.05) is 0 Å². The molecular formula is C15H18N2O2. The molecule has 1 heterocycles. The van der Waals surface area contributed by atoms with Crippen molar-refractivity contribution in [3.8, 4) is 11.6 Å². The van der Waals surface area contributed by atoms with E-state index in [1.165, 1.54) is 5.56 Å². The molecule has 1 aromatic carbocycles. The van der Waals surface area contributed by atoms with Crippen LogP contribution in [0.25, 0.3) is 0 Å². The molecule has 0 spiro atoms. The Bertz CT molecular complexity index is 600. The highest BCUT2D eigenvalue weighted by Gasteiger charge is 2.15. The number of carbonyl (C=O) groups is 1. The molecule has 19 heavy (non-hydrogen) atoms. The number of hydrogen-bond acceptors (Lipinski definition) is 3. The number of benzene rings is 1. The van der Waals surface area contributed by atoms with Gasteiger partial charge in [-0.15, -0.1) is 0 Å². The molecule has 1 aromatic heterocycles. The monoisotopic (exact) mass is 258 g/mol. The van der Waals surface area contributed by atoms with Crippen LogP contribution in [0.2, 0.25) is 0 Å². The van der Waals surface area contributed by atoms with Crippen LogP contribution < -0.4 is 4.74 Å². The van der Waals surface area contributed by atoms with E-state index in [4.69, 9.17) is 4.74 Å². The summed E-state index contributed by atoms with van der Waals surface area (Å²) >= 11 is 0. The van der Waals surface area contributed by atoms with Gasteiger partial charge in [0, 0.05) is 7.05 Å². The Morgan fingerprint density at radius 3 is 2.74 bits per heavy atom. The number of ether oxygens (including phenoxy) is 1. The van der Waals surface area contributed by atoms with Crippen molar-refractivity contribution in [2.24, 2.45) is 7.05 Å². The number of aromatic nitrogens is 2. The maximum atomic E-state index is 11.1. The highest BCUT2D eigenvalue weighted by atomic mass is 16.5. The van der Waals surface area contributed by atoms with Crippen LogP contribution in [0.5, 0.6) is 11.6 Å². The van der Waals surface area contributed by atoms with Crippen molar-refractivity contribution in [3.05, 3.63) is 41.1 Å². The van der Waals surface area contributed by atoms with Gasteiger partial charge < -0.3 is 4.74 Å². The van der Waals surface area contributed by atoms with Crippen molar-refractivity contribution in [3.63, 3.8) is 0 Å². The molecule has 2 aromatic rings. The first-order valence-corrected chi connectivity index (χ1v) is 6.29. The van der Waals surface area contributed by atoms with Gasteiger partial charge in [0.1, 0.15) is 5.75 Å². The molecule has 0 N–H and O–H groups in total. The van der Waals surface area contributed by atoms with Gasteiger partial charge in [-0.3, -0.25) is 4.79 Å². The van der Waals surface area contributed by atoms with Gasteiger partial charge in [-0.25, -0.2) is 4.68 Å². The largest absolute Gasteiger partial charge is 0.439 e. The number of aldehydes is 1. The van der Waals surface area contributed by atoms with Crippen molar-refractivity contribution >= 4 is 6.29 Å². The normalized spacial score (nSPS) is 10.8. The fourth-order valence-electron chi connectivity index (χ4n) is 1.96. The van der Waals surface area contributed by atoms with Gasteiger partial charge in [-0.05, 0) is 30.5 Å². The van der Waals surface area contributed by atoms with E-state index in [9.17, 15) is 4.79 Å². The topological polar surface area (TPSA) is 44.1 Å². The van der Waals surface area contributed by atoms with Crippen LogP contribution in [0.3, 0.4) is 0 Å². The van der Waals surface area contributed by atoms with E-state index in [-0.39, 0.29) is 0 Å². The minimum Gasteiger partial charge on any atom is -0.439 e. The molecule has 4 nitrogen and oxygen atoms in total. The summed E-state index contributed by atoms with van der Waals surface area (Å²) in [7, 11) is 1.77. The van der Waals surface area contributed by atoms with Crippen molar-refractivity contribution in [2.45, 2.75) is 26.7 Å². The van der Waals surface area contributed by atoms with E-state index in [0.29, 0.717) is 23.1 Å². The van der Waals surface area contributed by atoms with Gasteiger partial charge in [0.15, 0.2) is 6.29 Å². The summed E-state index contributed by atoms with van der Waals surface area (Å²) in [5.41, 5.74) is 2.37. The standard InChI is InChI=1S/C15H18N2O2/c1-10(2)12-6-5-7-13(8-12)19-15-14(9-18)11(3)16-17(15)4/h5-10H,1-4H3. The molecule has 0 bridgehead atoms. The second-order valence-electron chi connectivity index (χ2n) is 4.87. The molecule has 0 atom stereocenters. The molecule has 0 fully saturated rings. The van der Waals surface area contributed by atoms with E-state index in [0.717, 1.165) is 12.0 Å².